The normalized spacial score (nSPS) is 16.1. The zero-order valence-corrected chi connectivity index (χ0v) is 19.3. The fourth-order valence-electron chi connectivity index (χ4n) is 3.42. The van der Waals surface area contributed by atoms with Gasteiger partial charge in [-0.3, -0.25) is 0 Å². The number of hydrogen-bond donors (Lipinski definition) is 1. The van der Waals surface area contributed by atoms with Crippen LogP contribution in [0.15, 0.2) is 41.0 Å². The summed E-state index contributed by atoms with van der Waals surface area (Å²) in [6.07, 6.45) is 1.91. The lowest BCUT2D eigenvalue weighted by Gasteiger charge is -2.18. The van der Waals surface area contributed by atoms with Crippen molar-refractivity contribution in [1.29, 1.82) is 0 Å². The molecule has 3 aromatic rings. The maximum atomic E-state index is 13.9. The number of aromatic nitrogens is 2. The van der Waals surface area contributed by atoms with Crippen molar-refractivity contribution in [2.45, 2.75) is 19.0 Å². The first-order chi connectivity index (χ1) is 16.2. The first-order valence-corrected chi connectivity index (χ1v) is 12.7. The van der Waals surface area contributed by atoms with E-state index in [-0.39, 0.29) is 29.1 Å². The second-order valence-electron chi connectivity index (χ2n) is 7.90. The van der Waals surface area contributed by atoms with Crippen LogP contribution in [0.2, 0.25) is 0 Å². The Kier molecular flexibility index (Phi) is 7.08. The third-order valence-corrected chi connectivity index (χ3v) is 5.41. The predicted octanol–water partition coefficient (Wildman–Crippen LogP) is 4.68. The Morgan fingerprint density at radius 1 is 1.24 bits per heavy atom. The molecule has 1 saturated heterocycles. The van der Waals surface area contributed by atoms with Crippen LogP contribution in [0.25, 0.3) is 10.9 Å². The predicted molar refractivity (Wildman–Crippen MR) is 123 cm³/mol. The smallest absolute Gasteiger partial charge is 0.272 e. The van der Waals surface area contributed by atoms with E-state index in [1.807, 2.05) is 0 Å². The van der Waals surface area contributed by atoms with Gasteiger partial charge in [-0.2, -0.15) is 4.36 Å². The van der Waals surface area contributed by atoms with Gasteiger partial charge in [0.05, 0.1) is 35.5 Å². The summed E-state index contributed by atoms with van der Waals surface area (Å²) in [7, 11) is -2.52. The number of ether oxygens (including phenoxy) is 3. The molecule has 0 aliphatic carbocycles. The Balaban J connectivity index is 1.78. The van der Waals surface area contributed by atoms with E-state index in [9.17, 15) is 17.4 Å². The lowest BCUT2D eigenvalue weighted by Crippen LogP contribution is -2.16. The van der Waals surface area contributed by atoms with Crippen molar-refractivity contribution in [2.75, 3.05) is 37.6 Å². The highest BCUT2D eigenvalue weighted by atomic mass is 32.2. The molecular weight excluding hydrogens is 473 g/mol. The van der Waals surface area contributed by atoms with Crippen LogP contribution in [0.3, 0.4) is 0 Å². The van der Waals surface area contributed by atoms with Crippen LogP contribution in [-0.4, -0.2) is 59.0 Å². The molecule has 2 aromatic carbocycles. The van der Waals surface area contributed by atoms with Gasteiger partial charge in [-0.1, -0.05) is 0 Å². The van der Waals surface area contributed by atoms with Crippen molar-refractivity contribution < 1.29 is 31.6 Å². The fraction of sp³-hybridized carbons (Fsp3) is 0.364. The van der Waals surface area contributed by atoms with Crippen molar-refractivity contribution >= 4 is 37.8 Å². The number of halogens is 3. The summed E-state index contributed by atoms with van der Waals surface area (Å²) in [6.45, 7) is 0.0782. The number of nitrogens with zero attached hydrogens (tertiary/aromatic N) is 3. The van der Waals surface area contributed by atoms with Crippen LogP contribution in [0.4, 0.5) is 30.4 Å². The van der Waals surface area contributed by atoms with Crippen LogP contribution in [0.1, 0.15) is 6.42 Å². The van der Waals surface area contributed by atoms with Crippen molar-refractivity contribution in [2.24, 2.45) is 4.36 Å². The van der Waals surface area contributed by atoms with Gasteiger partial charge in [0, 0.05) is 40.8 Å². The molecule has 8 nitrogen and oxygen atoms in total. The largest absolute Gasteiger partial charge is 0.487 e. The molecule has 0 amide bonds. The van der Waals surface area contributed by atoms with Gasteiger partial charge >= 0.3 is 0 Å². The molecule has 34 heavy (non-hydrogen) atoms. The van der Waals surface area contributed by atoms with Crippen LogP contribution in [-0.2, 0) is 14.5 Å². The highest BCUT2D eigenvalue weighted by Gasteiger charge is 2.21. The number of fused-ring (bicyclic) bond motifs is 1. The maximum absolute atomic E-state index is 13.9. The van der Waals surface area contributed by atoms with Crippen LogP contribution in [0.5, 0.6) is 11.5 Å². The van der Waals surface area contributed by atoms with Gasteiger partial charge in [-0.15, -0.1) is 0 Å². The molecule has 1 aliphatic rings. The van der Waals surface area contributed by atoms with E-state index in [1.54, 1.807) is 6.07 Å². The van der Waals surface area contributed by atoms with Crippen molar-refractivity contribution in [3.8, 4) is 11.5 Å². The third kappa shape index (κ3) is 6.06. The zero-order chi connectivity index (χ0) is 24.3. The fourth-order valence-corrected chi connectivity index (χ4v) is 4.03. The molecule has 2 heterocycles. The molecule has 0 bridgehead atoms. The summed E-state index contributed by atoms with van der Waals surface area (Å²) in [4.78, 5) is 8.44. The number of hydrogen-bond acceptors (Lipinski definition) is 8. The Bertz CT molecular complexity index is 1300. The molecule has 1 N–H and O–H groups in total. The summed E-state index contributed by atoms with van der Waals surface area (Å²) in [5.74, 6) is 0.0355. The first-order valence-electron chi connectivity index (χ1n) is 10.4. The number of anilines is 2. The summed E-state index contributed by atoms with van der Waals surface area (Å²) in [5, 5.41) is 3.38. The molecule has 4 rings (SSSR count). The molecule has 0 saturated carbocycles. The topological polar surface area (TPSA) is 94.9 Å². The zero-order valence-electron chi connectivity index (χ0n) is 18.5. The Morgan fingerprint density at radius 3 is 2.76 bits per heavy atom. The van der Waals surface area contributed by atoms with Gasteiger partial charge in [-0.05, 0) is 18.2 Å². The molecule has 0 spiro atoms. The molecule has 0 radical (unpaired) electrons. The average Bonchev–Trinajstić information content (AvgIpc) is 3.26. The monoisotopic (exact) mass is 496 g/mol. The second kappa shape index (κ2) is 10.0. The quantitative estimate of drug-likeness (QED) is 0.484. The van der Waals surface area contributed by atoms with Crippen molar-refractivity contribution in [1.82, 2.24) is 9.97 Å². The minimum Gasteiger partial charge on any atom is -0.487 e. The highest BCUT2D eigenvalue weighted by Crippen LogP contribution is 2.38. The Morgan fingerprint density at radius 2 is 2.06 bits per heavy atom. The van der Waals surface area contributed by atoms with Gasteiger partial charge < -0.3 is 19.5 Å². The van der Waals surface area contributed by atoms with Crippen molar-refractivity contribution in [3.05, 3.63) is 42.5 Å². The third-order valence-electron chi connectivity index (χ3n) is 4.75. The summed E-state index contributed by atoms with van der Waals surface area (Å²) in [6, 6.07) is 6.95. The van der Waals surface area contributed by atoms with Crippen LogP contribution in [0, 0.1) is 5.82 Å². The van der Waals surface area contributed by atoms with E-state index in [0.29, 0.717) is 36.2 Å². The van der Waals surface area contributed by atoms with Crippen LogP contribution < -0.4 is 14.8 Å². The highest BCUT2D eigenvalue weighted by molar-refractivity contribution is 7.92. The average molecular weight is 497 g/mol. The van der Waals surface area contributed by atoms with Gasteiger partial charge in [0.2, 0.25) is 0 Å². The molecule has 1 fully saturated rings. The van der Waals surface area contributed by atoms with E-state index >= 15 is 0 Å². The molecule has 1 unspecified atom stereocenters. The minimum absolute atomic E-state index is 0.0390. The maximum Gasteiger partial charge on any atom is 0.272 e. The summed E-state index contributed by atoms with van der Waals surface area (Å²) < 4.78 is 72.6. The number of benzene rings is 2. The Hall–Kier alpha value is -3.12. The van der Waals surface area contributed by atoms with E-state index < -0.39 is 28.6 Å². The van der Waals surface area contributed by atoms with Gasteiger partial charge in [0.15, 0.2) is 0 Å². The van der Waals surface area contributed by atoms with Crippen molar-refractivity contribution in [3.63, 3.8) is 0 Å². The van der Waals surface area contributed by atoms with Gasteiger partial charge in [-0.25, -0.2) is 27.3 Å². The van der Waals surface area contributed by atoms with E-state index in [2.05, 4.69) is 19.6 Å². The van der Waals surface area contributed by atoms with Gasteiger partial charge in [0.25, 0.3) is 6.43 Å². The lowest BCUT2D eigenvalue weighted by atomic mass is 10.2. The molecule has 12 heteroatoms. The van der Waals surface area contributed by atoms with E-state index in [4.69, 9.17) is 14.2 Å². The SMILES string of the molecule is CS(C)(=O)=Nc1cc(OCC(F)F)c2c(Nc3ccc(F)cc3OC3CCOC3)ncnc2c1. The number of nitrogens with one attached hydrogen (secondary N) is 1. The minimum atomic E-state index is -2.72. The van der Waals surface area contributed by atoms with Crippen LogP contribution >= 0.6 is 0 Å². The molecule has 1 aromatic heterocycles. The van der Waals surface area contributed by atoms with E-state index in [1.165, 1.54) is 43.1 Å². The first kappa shape index (κ1) is 24.0. The summed E-state index contributed by atoms with van der Waals surface area (Å²) in [5.41, 5.74) is 1.01. The lowest BCUT2D eigenvalue weighted by molar-refractivity contribution is 0.0827. The number of alkyl halides is 2. The molecule has 1 aliphatic heterocycles. The molecule has 182 valence electrons. The van der Waals surface area contributed by atoms with E-state index in [0.717, 1.165) is 0 Å². The molecule has 1 atom stereocenters. The van der Waals surface area contributed by atoms with Gasteiger partial charge in [0.1, 0.15) is 42.2 Å². The number of rotatable bonds is 8. The second-order valence-corrected chi connectivity index (χ2v) is 10.4. The Labute approximate surface area is 194 Å². The standard InChI is InChI=1S/C22H23F3N4O4S/c1-34(2,30)29-14-8-17-21(19(9-14)32-11-20(24)25)22(27-12-26-17)28-16-4-3-13(23)7-18(16)33-15-5-6-31-10-15/h3-4,7-9,12,15,20H,5-6,10-11H2,1-2H3,(H,26,27,28). The summed E-state index contributed by atoms with van der Waals surface area (Å²) >= 11 is 0. The molecular formula is C22H23F3N4O4S.